The summed E-state index contributed by atoms with van der Waals surface area (Å²) >= 11 is 0. The van der Waals surface area contributed by atoms with Crippen LogP contribution in [0, 0.1) is 0 Å². The summed E-state index contributed by atoms with van der Waals surface area (Å²) in [6.45, 7) is 0.873. The van der Waals surface area contributed by atoms with E-state index < -0.39 is 15.9 Å². The van der Waals surface area contributed by atoms with E-state index in [-0.39, 0.29) is 22.9 Å². The average Bonchev–Trinajstić information content (AvgIpc) is 2.56. The summed E-state index contributed by atoms with van der Waals surface area (Å²) in [5.74, 6) is -0.748. The van der Waals surface area contributed by atoms with Crippen LogP contribution >= 0.6 is 0 Å². The van der Waals surface area contributed by atoms with Crippen LogP contribution in [0.5, 0.6) is 0 Å². The van der Waals surface area contributed by atoms with Crippen molar-refractivity contribution in [2.75, 3.05) is 40.9 Å². The Morgan fingerprint density at radius 3 is 2.29 bits per heavy atom. The van der Waals surface area contributed by atoms with E-state index in [1.807, 2.05) is 0 Å². The molecule has 0 heterocycles. The minimum absolute atomic E-state index is 0.0972. The number of benzene rings is 1. The second kappa shape index (κ2) is 9.36. The van der Waals surface area contributed by atoms with Crippen LogP contribution in [0.1, 0.15) is 16.8 Å². The molecule has 0 unspecified atom stereocenters. The fraction of sp³-hybridized carbons (Fsp3) is 0.467. The van der Waals surface area contributed by atoms with Gasteiger partial charge in [-0.1, -0.05) is 0 Å². The van der Waals surface area contributed by atoms with Gasteiger partial charge < -0.3 is 15.4 Å². The van der Waals surface area contributed by atoms with Crippen molar-refractivity contribution in [2.45, 2.75) is 11.3 Å². The molecule has 0 radical (unpaired) electrons. The summed E-state index contributed by atoms with van der Waals surface area (Å²) in [6, 6.07) is 5.52. The van der Waals surface area contributed by atoms with E-state index in [4.69, 9.17) is 4.74 Å². The van der Waals surface area contributed by atoms with Crippen molar-refractivity contribution in [3.8, 4) is 0 Å². The minimum atomic E-state index is -3.53. The van der Waals surface area contributed by atoms with Crippen molar-refractivity contribution in [3.63, 3.8) is 0 Å². The number of sulfonamides is 1. The maximum absolute atomic E-state index is 11.9. The molecule has 0 bridgehead atoms. The summed E-state index contributed by atoms with van der Waals surface area (Å²) in [5, 5.41) is 5.13. The lowest BCUT2D eigenvalue weighted by Crippen LogP contribution is -2.37. The number of hydrogen-bond donors (Lipinski definition) is 2. The molecule has 0 aromatic heterocycles. The summed E-state index contributed by atoms with van der Waals surface area (Å²) in [6.07, 6.45) is 0.692. The number of rotatable bonds is 9. The molecule has 0 aliphatic carbocycles. The van der Waals surface area contributed by atoms with E-state index in [1.54, 1.807) is 7.11 Å². The molecule has 2 amide bonds. The molecular formula is C15H23N3O5S. The summed E-state index contributed by atoms with van der Waals surface area (Å²) in [5.41, 5.74) is 0.278. The van der Waals surface area contributed by atoms with Gasteiger partial charge in [-0.15, -0.1) is 0 Å². The Kier molecular flexibility index (Phi) is 7.83. The Labute approximate surface area is 142 Å². The van der Waals surface area contributed by atoms with E-state index in [9.17, 15) is 18.0 Å². The number of ether oxygens (including phenoxy) is 1. The number of methoxy groups -OCH3 is 1. The molecule has 24 heavy (non-hydrogen) atoms. The number of hydrogen-bond acceptors (Lipinski definition) is 5. The van der Waals surface area contributed by atoms with Gasteiger partial charge in [-0.2, -0.15) is 0 Å². The van der Waals surface area contributed by atoms with Gasteiger partial charge in [-0.3, -0.25) is 9.59 Å². The third-order valence-corrected chi connectivity index (χ3v) is 4.98. The molecule has 0 atom stereocenters. The van der Waals surface area contributed by atoms with Crippen molar-refractivity contribution < 1.29 is 22.7 Å². The van der Waals surface area contributed by atoms with Crippen molar-refractivity contribution in [2.24, 2.45) is 0 Å². The molecule has 1 aromatic rings. The largest absolute Gasteiger partial charge is 0.385 e. The Balaban J connectivity index is 2.53. The zero-order valence-electron chi connectivity index (χ0n) is 14.0. The molecule has 2 N–H and O–H groups in total. The van der Waals surface area contributed by atoms with E-state index in [0.29, 0.717) is 19.6 Å². The third kappa shape index (κ3) is 5.91. The molecule has 0 aliphatic rings. The van der Waals surface area contributed by atoms with Gasteiger partial charge in [0.2, 0.25) is 15.9 Å². The number of nitrogens with zero attached hydrogens (tertiary/aromatic N) is 1. The topological polar surface area (TPSA) is 105 Å². The minimum Gasteiger partial charge on any atom is -0.385 e. The van der Waals surface area contributed by atoms with Crippen LogP contribution in [0.25, 0.3) is 0 Å². The van der Waals surface area contributed by atoms with Gasteiger partial charge >= 0.3 is 0 Å². The lowest BCUT2D eigenvalue weighted by Gasteiger charge is -2.11. The predicted octanol–water partition coefficient (Wildman–Crippen LogP) is -0.181. The zero-order chi connectivity index (χ0) is 18.2. The van der Waals surface area contributed by atoms with Crippen molar-refractivity contribution in [3.05, 3.63) is 29.8 Å². The summed E-state index contributed by atoms with van der Waals surface area (Å²) in [4.78, 5) is 23.6. The van der Waals surface area contributed by atoms with Crippen LogP contribution in [0.4, 0.5) is 0 Å². The van der Waals surface area contributed by atoms with E-state index in [2.05, 4.69) is 10.6 Å². The number of carbonyl (C=O) groups is 2. The maximum Gasteiger partial charge on any atom is 0.251 e. The first-order valence-corrected chi connectivity index (χ1v) is 8.79. The Morgan fingerprint density at radius 2 is 1.75 bits per heavy atom. The van der Waals surface area contributed by atoms with Gasteiger partial charge in [0.05, 0.1) is 11.4 Å². The molecule has 0 saturated carbocycles. The normalized spacial score (nSPS) is 11.3. The molecule has 0 spiro atoms. The highest BCUT2D eigenvalue weighted by Gasteiger charge is 2.17. The van der Waals surface area contributed by atoms with Gasteiger partial charge in [-0.05, 0) is 30.7 Å². The smallest absolute Gasteiger partial charge is 0.251 e. The van der Waals surface area contributed by atoms with Crippen molar-refractivity contribution in [1.29, 1.82) is 0 Å². The zero-order valence-corrected chi connectivity index (χ0v) is 14.9. The summed E-state index contributed by atoms with van der Waals surface area (Å²) in [7, 11) is 0.911. The number of carbonyl (C=O) groups excluding carboxylic acids is 2. The lowest BCUT2D eigenvalue weighted by molar-refractivity contribution is -0.120. The Bertz CT molecular complexity index is 656. The van der Waals surface area contributed by atoms with Crippen LogP contribution in [-0.2, 0) is 19.6 Å². The highest BCUT2D eigenvalue weighted by molar-refractivity contribution is 7.89. The lowest BCUT2D eigenvalue weighted by atomic mass is 10.2. The van der Waals surface area contributed by atoms with E-state index in [1.165, 1.54) is 38.4 Å². The molecule has 8 nitrogen and oxygen atoms in total. The molecular weight excluding hydrogens is 334 g/mol. The van der Waals surface area contributed by atoms with Gasteiger partial charge in [0.15, 0.2) is 0 Å². The SMILES string of the molecule is COCCCNC(=O)CNC(=O)c1ccc(S(=O)(=O)N(C)C)cc1. The number of amides is 2. The van der Waals surface area contributed by atoms with Gasteiger partial charge in [-0.25, -0.2) is 12.7 Å². The molecule has 1 aromatic carbocycles. The molecule has 9 heteroatoms. The Hall–Kier alpha value is -1.97. The standard InChI is InChI=1S/C15H23N3O5S/c1-18(2)24(21,22)13-7-5-12(6-8-13)15(20)17-11-14(19)16-9-4-10-23-3/h5-8H,4,9-11H2,1-3H3,(H,16,19)(H,17,20). The summed E-state index contributed by atoms with van der Waals surface area (Å²) < 4.78 is 29.8. The second-order valence-electron chi connectivity index (χ2n) is 5.19. The van der Waals surface area contributed by atoms with Crippen LogP contribution in [0.2, 0.25) is 0 Å². The first kappa shape index (κ1) is 20.1. The van der Waals surface area contributed by atoms with Crippen LogP contribution in [0.3, 0.4) is 0 Å². The van der Waals surface area contributed by atoms with Crippen LogP contribution in [0.15, 0.2) is 29.2 Å². The van der Waals surface area contributed by atoms with Crippen LogP contribution < -0.4 is 10.6 Å². The predicted molar refractivity (Wildman–Crippen MR) is 89.2 cm³/mol. The molecule has 134 valence electrons. The molecule has 0 saturated heterocycles. The first-order chi connectivity index (χ1) is 11.3. The Morgan fingerprint density at radius 1 is 1.12 bits per heavy atom. The van der Waals surface area contributed by atoms with Crippen molar-refractivity contribution >= 4 is 21.8 Å². The second-order valence-corrected chi connectivity index (χ2v) is 7.34. The fourth-order valence-electron chi connectivity index (χ4n) is 1.76. The number of nitrogens with one attached hydrogen (secondary N) is 2. The average molecular weight is 357 g/mol. The van der Waals surface area contributed by atoms with Crippen LogP contribution in [-0.4, -0.2) is 65.4 Å². The molecule has 1 rings (SSSR count). The highest BCUT2D eigenvalue weighted by Crippen LogP contribution is 2.13. The van der Waals surface area contributed by atoms with Gasteiger partial charge in [0.1, 0.15) is 0 Å². The van der Waals surface area contributed by atoms with E-state index >= 15 is 0 Å². The van der Waals surface area contributed by atoms with Crippen molar-refractivity contribution in [1.82, 2.24) is 14.9 Å². The van der Waals surface area contributed by atoms with Gasteiger partial charge in [0, 0.05) is 39.9 Å². The molecule has 0 aliphatic heterocycles. The monoisotopic (exact) mass is 357 g/mol. The maximum atomic E-state index is 11.9. The fourth-order valence-corrected chi connectivity index (χ4v) is 2.66. The van der Waals surface area contributed by atoms with Gasteiger partial charge in [0.25, 0.3) is 5.91 Å². The first-order valence-electron chi connectivity index (χ1n) is 7.35. The molecule has 0 fully saturated rings. The highest BCUT2D eigenvalue weighted by atomic mass is 32.2. The quantitative estimate of drug-likeness (QED) is 0.597. The third-order valence-electron chi connectivity index (χ3n) is 3.15. The van der Waals surface area contributed by atoms with E-state index in [0.717, 1.165) is 4.31 Å².